The van der Waals surface area contributed by atoms with Crippen molar-refractivity contribution in [1.82, 2.24) is 19.2 Å². The van der Waals surface area contributed by atoms with Crippen molar-refractivity contribution in [2.24, 2.45) is 0 Å². The third-order valence-electron chi connectivity index (χ3n) is 5.16. The molecule has 1 aliphatic heterocycles. The fourth-order valence-electron chi connectivity index (χ4n) is 3.66. The van der Waals surface area contributed by atoms with Gasteiger partial charge in [0.1, 0.15) is 5.82 Å². The van der Waals surface area contributed by atoms with Crippen LogP contribution in [0.25, 0.3) is 0 Å². The molecule has 1 saturated heterocycles. The van der Waals surface area contributed by atoms with Gasteiger partial charge >= 0.3 is 5.69 Å². The summed E-state index contributed by atoms with van der Waals surface area (Å²) in [5.41, 5.74) is 0.710. The summed E-state index contributed by atoms with van der Waals surface area (Å²) in [4.78, 5) is 27.4. The van der Waals surface area contributed by atoms with Gasteiger partial charge in [0.05, 0.1) is 18.7 Å². The Morgan fingerprint density at radius 3 is 2.92 bits per heavy atom. The zero-order valence-corrected chi connectivity index (χ0v) is 15.8. The molecule has 26 heavy (non-hydrogen) atoms. The van der Waals surface area contributed by atoms with E-state index in [4.69, 9.17) is 4.74 Å². The second-order valence-corrected chi connectivity index (χ2v) is 7.84. The molecule has 1 saturated carbocycles. The van der Waals surface area contributed by atoms with Crippen molar-refractivity contribution in [2.75, 3.05) is 26.8 Å². The van der Waals surface area contributed by atoms with Crippen LogP contribution in [0, 0.1) is 0 Å². The standard InChI is InChI=1S/C18H24N4O3S/c1-25-9-8-21-18(24)22(15-4-5-15)16(19-21)13-3-2-7-20(11-13)17(23)14-6-10-26-12-14/h6,10,12-13,15H,2-5,7-9,11H2,1H3. The lowest BCUT2D eigenvalue weighted by molar-refractivity contribution is 0.0703. The number of methoxy groups -OCH3 is 1. The number of carbonyl (C=O) groups is 1. The van der Waals surface area contributed by atoms with Crippen LogP contribution in [0.2, 0.25) is 0 Å². The molecular formula is C18H24N4O3S. The fourth-order valence-corrected chi connectivity index (χ4v) is 4.29. The van der Waals surface area contributed by atoms with Crippen LogP contribution < -0.4 is 5.69 Å². The Bertz CT molecular complexity index is 822. The van der Waals surface area contributed by atoms with Crippen molar-refractivity contribution in [3.8, 4) is 0 Å². The molecule has 0 aromatic carbocycles. The van der Waals surface area contributed by atoms with Crippen molar-refractivity contribution < 1.29 is 9.53 Å². The summed E-state index contributed by atoms with van der Waals surface area (Å²) >= 11 is 1.54. The molecule has 1 amide bonds. The Kier molecular flexibility index (Phi) is 4.95. The number of carbonyl (C=O) groups excluding carboxylic acids is 1. The minimum Gasteiger partial charge on any atom is -0.383 e. The SMILES string of the molecule is COCCn1nc(C2CCCN(C(=O)c3ccsc3)C2)n(C2CC2)c1=O. The van der Waals surface area contributed by atoms with Crippen molar-refractivity contribution in [3.05, 3.63) is 38.7 Å². The number of ether oxygens (including phenoxy) is 1. The van der Waals surface area contributed by atoms with E-state index in [-0.39, 0.29) is 23.6 Å². The molecule has 2 aliphatic rings. The molecule has 7 nitrogen and oxygen atoms in total. The summed E-state index contributed by atoms with van der Waals surface area (Å²) < 4.78 is 8.50. The highest BCUT2D eigenvalue weighted by Crippen LogP contribution is 2.37. The third-order valence-corrected chi connectivity index (χ3v) is 5.84. The first-order valence-electron chi connectivity index (χ1n) is 9.18. The maximum atomic E-state index is 12.8. The van der Waals surface area contributed by atoms with Gasteiger partial charge in [-0.2, -0.15) is 16.4 Å². The smallest absolute Gasteiger partial charge is 0.346 e. The lowest BCUT2D eigenvalue weighted by Gasteiger charge is -2.32. The van der Waals surface area contributed by atoms with Gasteiger partial charge in [-0.15, -0.1) is 0 Å². The molecule has 8 heteroatoms. The predicted octanol–water partition coefficient (Wildman–Crippen LogP) is 2.11. The maximum absolute atomic E-state index is 12.8. The molecule has 2 aromatic rings. The number of aromatic nitrogens is 3. The average Bonchev–Trinajstić information content (AvgIpc) is 3.23. The van der Waals surface area contributed by atoms with Crippen LogP contribution in [0.3, 0.4) is 0 Å². The van der Waals surface area contributed by atoms with E-state index in [2.05, 4.69) is 5.10 Å². The number of amides is 1. The van der Waals surface area contributed by atoms with E-state index in [1.807, 2.05) is 26.3 Å². The van der Waals surface area contributed by atoms with Gasteiger partial charge in [-0.05, 0) is 37.1 Å². The number of nitrogens with zero attached hydrogens (tertiary/aromatic N) is 4. The van der Waals surface area contributed by atoms with Crippen molar-refractivity contribution in [1.29, 1.82) is 0 Å². The van der Waals surface area contributed by atoms with E-state index in [1.165, 1.54) is 16.0 Å². The molecule has 1 aliphatic carbocycles. The molecule has 4 rings (SSSR count). The Morgan fingerprint density at radius 2 is 2.23 bits per heavy atom. The highest BCUT2D eigenvalue weighted by atomic mass is 32.1. The zero-order valence-electron chi connectivity index (χ0n) is 15.0. The second kappa shape index (κ2) is 7.36. The predicted molar refractivity (Wildman–Crippen MR) is 98.8 cm³/mol. The number of piperidine rings is 1. The topological polar surface area (TPSA) is 69.4 Å². The normalized spacial score (nSPS) is 20.5. The molecular weight excluding hydrogens is 352 g/mol. The molecule has 0 N–H and O–H groups in total. The van der Waals surface area contributed by atoms with E-state index in [1.54, 1.807) is 7.11 Å². The molecule has 3 heterocycles. The summed E-state index contributed by atoms with van der Waals surface area (Å²) in [5.74, 6) is 1.04. The van der Waals surface area contributed by atoms with Crippen LogP contribution in [0.4, 0.5) is 0 Å². The highest BCUT2D eigenvalue weighted by molar-refractivity contribution is 7.08. The summed E-state index contributed by atoms with van der Waals surface area (Å²) in [6.07, 6.45) is 3.96. The minimum atomic E-state index is -0.0409. The molecule has 0 radical (unpaired) electrons. The van der Waals surface area contributed by atoms with E-state index in [9.17, 15) is 9.59 Å². The molecule has 2 aromatic heterocycles. The number of hydrogen-bond donors (Lipinski definition) is 0. The number of hydrogen-bond acceptors (Lipinski definition) is 5. The fraction of sp³-hybridized carbons (Fsp3) is 0.611. The number of rotatable bonds is 6. The average molecular weight is 376 g/mol. The Balaban J connectivity index is 1.58. The Morgan fingerprint density at radius 1 is 1.38 bits per heavy atom. The van der Waals surface area contributed by atoms with Crippen LogP contribution in [-0.4, -0.2) is 52.0 Å². The first kappa shape index (κ1) is 17.5. The van der Waals surface area contributed by atoms with E-state index < -0.39 is 0 Å². The Hall–Kier alpha value is -1.93. The minimum absolute atomic E-state index is 0.0409. The Labute approximate surface area is 156 Å². The van der Waals surface area contributed by atoms with E-state index in [0.717, 1.165) is 43.6 Å². The largest absolute Gasteiger partial charge is 0.383 e. The van der Waals surface area contributed by atoms with Crippen LogP contribution in [-0.2, 0) is 11.3 Å². The van der Waals surface area contributed by atoms with Gasteiger partial charge in [-0.1, -0.05) is 0 Å². The first-order chi connectivity index (χ1) is 12.7. The second-order valence-electron chi connectivity index (χ2n) is 7.06. The van der Waals surface area contributed by atoms with Gasteiger partial charge in [0.15, 0.2) is 0 Å². The number of thiophene rings is 1. The third kappa shape index (κ3) is 3.35. The molecule has 1 unspecified atom stereocenters. The van der Waals surface area contributed by atoms with Crippen molar-refractivity contribution in [2.45, 2.75) is 44.2 Å². The summed E-state index contributed by atoms with van der Waals surface area (Å²) in [5, 5.41) is 8.46. The summed E-state index contributed by atoms with van der Waals surface area (Å²) in [7, 11) is 1.62. The van der Waals surface area contributed by atoms with Crippen LogP contribution >= 0.6 is 11.3 Å². The van der Waals surface area contributed by atoms with Gasteiger partial charge in [-0.3, -0.25) is 9.36 Å². The van der Waals surface area contributed by atoms with Gasteiger partial charge in [0.2, 0.25) is 0 Å². The molecule has 140 valence electrons. The van der Waals surface area contributed by atoms with Crippen molar-refractivity contribution in [3.63, 3.8) is 0 Å². The van der Waals surface area contributed by atoms with E-state index in [0.29, 0.717) is 19.7 Å². The van der Waals surface area contributed by atoms with E-state index >= 15 is 0 Å². The number of likely N-dealkylation sites (tertiary alicyclic amines) is 1. The molecule has 1 atom stereocenters. The van der Waals surface area contributed by atoms with Crippen molar-refractivity contribution >= 4 is 17.2 Å². The zero-order chi connectivity index (χ0) is 18.1. The van der Waals surface area contributed by atoms with Gasteiger partial charge in [0, 0.05) is 37.5 Å². The van der Waals surface area contributed by atoms with Gasteiger partial charge in [0.25, 0.3) is 5.91 Å². The summed E-state index contributed by atoms with van der Waals surface area (Å²) in [6, 6.07) is 2.15. The molecule has 2 fully saturated rings. The highest BCUT2D eigenvalue weighted by Gasteiger charge is 2.35. The maximum Gasteiger partial charge on any atom is 0.346 e. The quantitative estimate of drug-likeness (QED) is 0.774. The van der Waals surface area contributed by atoms with Crippen LogP contribution in [0.1, 0.15) is 53.8 Å². The van der Waals surface area contributed by atoms with Gasteiger partial charge < -0.3 is 9.64 Å². The lowest BCUT2D eigenvalue weighted by atomic mass is 9.96. The molecule has 0 bridgehead atoms. The van der Waals surface area contributed by atoms with Crippen LogP contribution in [0.5, 0.6) is 0 Å². The van der Waals surface area contributed by atoms with Crippen LogP contribution in [0.15, 0.2) is 21.6 Å². The van der Waals surface area contributed by atoms with Gasteiger partial charge in [-0.25, -0.2) is 9.48 Å². The first-order valence-corrected chi connectivity index (χ1v) is 10.1. The lowest BCUT2D eigenvalue weighted by Crippen LogP contribution is -2.40. The molecule has 0 spiro atoms. The summed E-state index contributed by atoms with van der Waals surface area (Å²) in [6.45, 7) is 2.33. The monoisotopic (exact) mass is 376 g/mol.